The van der Waals surface area contributed by atoms with E-state index in [4.69, 9.17) is 11.6 Å². The van der Waals surface area contributed by atoms with E-state index in [1.807, 2.05) is 25.1 Å². The van der Waals surface area contributed by atoms with Crippen LogP contribution in [0.15, 0.2) is 53.6 Å². The van der Waals surface area contributed by atoms with Crippen LogP contribution in [-0.4, -0.2) is 17.7 Å². The number of nitrogens with zero attached hydrogens (tertiary/aromatic N) is 1. The monoisotopic (exact) mass is 398 g/mol. The molecule has 3 rings (SSSR count). The molecule has 3 N–H and O–H groups in total. The van der Waals surface area contributed by atoms with Gasteiger partial charge in [0, 0.05) is 16.6 Å². The molecule has 1 saturated heterocycles. The van der Waals surface area contributed by atoms with E-state index >= 15 is 0 Å². The largest absolute Gasteiger partial charge is 0.271 e. The maximum atomic E-state index is 12.5. The first kappa shape index (κ1) is 20.5. The predicted molar refractivity (Wildman–Crippen MR) is 114 cm³/mol. The summed E-state index contributed by atoms with van der Waals surface area (Å²) in [5.74, 6) is 0.470. The first-order chi connectivity index (χ1) is 13.4. The predicted octanol–water partition coefficient (Wildman–Crippen LogP) is 3.99. The molecule has 6 heteroatoms. The highest BCUT2D eigenvalue weighted by atomic mass is 35.5. The summed E-state index contributed by atoms with van der Waals surface area (Å²) in [4.78, 5) is 12.5. The summed E-state index contributed by atoms with van der Waals surface area (Å²) in [7, 11) is 0. The summed E-state index contributed by atoms with van der Waals surface area (Å²) in [5, 5.41) is 4.81. The van der Waals surface area contributed by atoms with Gasteiger partial charge in [0.05, 0.1) is 5.71 Å². The molecule has 2 unspecified atom stereocenters. The van der Waals surface area contributed by atoms with Gasteiger partial charge in [-0.3, -0.25) is 4.79 Å². The van der Waals surface area contributed by atoms with Crippen LogP contribution in [0.1, 0.15) is 49.9 Å². The average Bonchev–Trinajstić information content (AvgIpc) is 3.16. The summed E-state index contributed by atoms with van der Waals surface area (Å²) in [5.41, 5.74) is 12.9. The molecule has 2 atom stereocenters. The lowest BCUT2D eigenvalue weighted by molar-refractivity contribution is -0.122. The SMILES string of the molecule is C/C(=N\NC(=O)C1CC(c2ccc(CC(C)C)cc2)NN1)c1ccccc1Cl. The number of carbonyl (C=O) groups excluding carboxylic acids is 1. The van der Waals surface area contributed by atoms with E-state index in [9.17, 15) is 4.79 Å². The zero-order chi connectivity index (χ0) is 20.1. The molecule has 0 bridgehead atoms. The molecule has 28 heavy (non-hydrogen) atoms. The number of hydrazone groups is 1. The number of hydrogen-bond acceptors (Lipinski definition) is 4. The molecule has 1 heterocycles. The third kappa shape index (κ3) is 5.19. The van der Waals surface area contributed by atoms with Crippen molar-refractivity contribution in [1.82, 2.24) is 16.3 Å². The molecular formula is C22H27ClN4O. The molecule has 1 aliphatic heterocycles. The summed E-state index contributed by atoms with van der Waals surface area (Å²) < 4.78 is 0. The second-order valence-electron chi connectivity index (χ2n) is 7.62. The Hall–Kier alpha value is -2.21. The summed E-state index contributed by atoms with van der Waals surface area (Å²) >= 11 is 6.17. The standard InChI is InChI=1S/C22H27ClN4O/c1-14(2)12-16-8-10-17(11-9-16)20-13-21(26-25-20)22(28)27-24-15(3)18-6-4-5-7-19(18)23/h4-11,14,20-21,25-26H,12-13H2,1-3H3,(H,27,28)/b24-15+. The van der Waals surface area contributed by atoms with Crippen molar-refractivity contribution in [1.29, 1.82) is 0 Å². The number of nitrogens with one attached hydrogen (secondary N) is 3. The zero-order valence-corrected chi connectivity index (χ0v) is 17.3. The van der Waals surface area contributed by atoms with Crippen molar-refractivity contribution in [2.45, 2.75) is 45.7 Å². The van der Waals surface area contributed by atoms with Crippen molar-refractivity contribution in [2.24, 2.45) is 11.0 Å². The van der Waals surface area contributed by atoms with Gasteiger partial charge in [-0.2, -0.15) is 5.10 Å². The van der Waals surface area contributed by atoms with Crippen LogP contribution in [0.5, 0.6) is 0 Å². The highest BCUT2D eigenvalue weighted by Gasteiger charge is 2.30. The lowest BCUT2D eigenvalue weighted by atomic mass is 9.97. The van der Waals surface area contributed by atoms with Crippen molar-refractivity contribution >= 4 is 23.2 Å². The van der Waals surface area contributed by atoms with Gasteiger partial charge in [0.2, 0.25) is 0 Å². The molecule has 1 aliphatic rings. The van der Waals surface area contributed by atoms with Crippen LogP contribution in [0.3, 0.4) is 0 Å². The maximum absolute atomic E-state index is 12.5. The van der Waals surface area contributed by atoms with Gasteiger partial charge >= 0.3 is 0 Å². The number of hydrazine groups is 1. The summed E-state index contributed by atoms with van der Waals surface area (Å²) in [6.45, 7) is 6.26. The molecule has 0 aromatic heterocycles. The molecule has 0 spiro atoms. The molecular weight excluding hydrogens is 372 g/mol. The zero-order valence-electron chi connectivity index (χ0n) is 16.5. The minimum atomic E-state index is -0.344. The van der Waals surface area contributed by atoms with Crippen molar-refractivity contribution < 1.29 is 4.79 Å². The molecule has 1 fully saturated rings. The van der Waals surface area contributed by atoms with Crippen molar-refractivity contribution in [3.63, 3.8) is 0 Å². The Morgan fingerprint density at radius 2 is 1.89 bits per heavy atom. The third-order valence-corrected chi connectivity index (χ3v) is 5.17. The van der Waals surface area contributed by atoms with E-state index in [0.29, 0.717) is 23.1 Å². The van der Waals surface area contributed by atoms with Gasteiger partial charge < -0.3 is 0 Å². The fourth-order valence-corrected chi connectivity index (χ4v) is 3.61. The number of hydrogen-bond donors (Lipinski definition) is 3. The molecule has 1 amide bonds. The third-order valence-electron chi connectivity index (χ3n) is 4.84. The Labute approximate surface area is 171 Å². The highest BCUT2D eigenvalue weighted by Crippen LogP contribution is 2.23. The number of amides is 1. The van der Waals surface area contributed by atoms with E-state index in [1.165, 1.54) is 11.1 Å². The van der Waals surface area contributed by atoms with Crippen molar-refractivity contribution in [2.75, 3.05) is 0 Å². The number of carbonyl (C=O) groups is 1. The summed E-state index contributed by atoms with van der Waals surface area (Å²) in [6, 6.07) is 15.8. The van der Waals surface area contributed by atoms with Crippen LogP contribution < -0.4 is 16.3 Å². The van der Waals surface area contributed by atoms with Gasteiger partial charge in [-0.25, -0.2) is 16.3 Å². The van der Waals surface area contributed by atoms with Gasteiger partial charge in [0.15, 0.2) is 0 Å². The number of rotatable bonds is 6. The second-order valence-corrected chi connectivity index (χ2v) is 8.03. The first-order valence-corrected chi connectivity index (χ1v) is 10.0. The Kier molecular flexibility index (Phi) is 6.83. The van der Waals surface area contributed by atoms with E-state index in [-0.39, 0.29) is 18.0 Å². The Bertz CT molecular complexity index is 848. The van der Waals surface area contributed by atoms with Crippen LogP contribution in [-0.2, 0) is 11.2 Å². The van der Waals surface area contributed by atoms with E-state index in [0.717, 1.165) is 12.0 Å². The average molecular weight is 399 g/mol. The molecule has 5 nitrogen and oxygen atoms in total. The fourth-order valence-electron chi connectivity index (χ4n) is 3.34. The number of benzene rings is 2. The van der Waals surface area contributed by atoms with Gasteiger partial charge in [-0.1, -0.05) is 67.9 Å². The molecule has 0 saturated carbocycles. The van der Waals surface area contributed by atoms with E-state index < -0.39 is 0 Å². The van der Waals surface area contributed by atoms with Gasteiger partial charge in [-0.05, 0) is 42.9 Å². The second kappa shape index (κ2) is 9.32. The Balaban J connectivity index is 1.57. The smallest absolute Gasteiger partial charge is 0.258 e. The lowest BCUT2D eigenvalue weighted by Gasteiger charge is -2.11. The molecule has 2 aromatic carbocycles. The van der Waals surface area contributed by atoms with Crippen LogP contribution in [0, 0.1) is 5.92 Å². The molecule has 2 aromatic rings. The Morgan fingerprint density at radius 1 is 1.18 bits per heavy atom. The van der Waals surface area contributed by atoms with Gasteiger partial charge in [-0.15, -0.1) is 0 Å². The van der Waals surface area contributed by atoms with Gasteiger partial charge in [0.1, 0.15) is 6.04 Å². The minimum absolute atomic E-state index is 0.0949. The van der Waals surface area contributed by atoms with Crippen molar-refractivity contribution in [3.8, 4) is 0 Å². The van der Waals surface area contributed by atoms with Crippen LogP contribution in [0.2, 0.25) is 5.02 Å². The normalized spacial score (nSPS) is 19.8. The Morgan fingerprint density at radius 3 is 2.57 bits per heavy atom. The van der Waals surface area contributed by atoms with E-state index in [2.05, 4.69) is 59.5 Å². The lowest BCUT2D eigenvalue weighted by Crippen LogP contribution is -2.41. The minimum Gasteiger partial charge on any atom is -0.271 e. The van der Waals surface area contributed by atoms with Crippen LogP contribution in [0.4, 0.5) is 0 Å². The number of halogens is 1. The van der Waals surface area contributed by atoms with Crippen LogP contribution >= 0.6 is 11.6 Å². The van der Waals surface area contributed by atoms with Crippen LogP contribution in [0.25, 0.3) is 0 Å². The maximum Gasteiger partial charge on any atom is 0.258 e. The fraction of sp³-hybridized carbons (Fsp3) is 0.364. The van der Waals surface area contributed by atoms with Crippen molar-refractivity contribution in [3.05, 3.63) is 70.2 Å². The topological polar surface area (TPSA) is 65.5 Å². The molecule has 0 radical (unpaired) electrons. The van der Waals surface area contributed by atoms with Gasteiger partial charge in [0.25, 0.3) is 5.91 Å². The summed E-state index contributed by atoms with van der Waals surface area (Å²) in [6.07, 6.45) is 1.74. The van der Waals surface area contributed by atoms with E-state index in [1.54, 1.807) is 6.07 Å². The highest BCUT2D eigenvalue weighted by molar-refractivity contribution is 6.34. The first-order valence-electron chi connectivity index (χ1n) is 9.63. The molecule has 0 aliphatic carbocycles. The molecule has 148 valence electrons. The quantitative estimate of drug-likeness (QED) is 0.509.